The summed E-state index contributed by atoms with van der Waals surface area (Å²) in [7, 11) is 0. The van der Waals surface area contributed by atoms with E-state index in [1.165, 1.54) is 36.7 Å². The molecule has 0 bridgehead atoms. The Morgan fingerprint density at radius 1 is 1.11 bits per heavy atom. The minimum atomic E-state index is -4.52. The summed E-state index contributed by atoms with van der Waals surface area (Å²) in [6, 6.07) is 7.37. The van der Waals surface area contributed by atoms with Crippen LogP contribution in [0.4, 0.5) is 23.7 Å². The maximum Gasteiger partial charge on any atom is 0.416 e. The fourth-order valence-electron chi connectivity index (χ4n) is 2.43. The molecule has 2 aromatic carbocycles. The van der Waals surface area contributed by atoms with Crippen molar-refractivity contribution in [3.63, 3.8) is 0 Å². The summed E-state index contributed by atoms with van der Waals surface area (Å²) in [6.07, 6.45) is -3.33. The molecule has 2 amide bonds. The van der Waals surface area contributed by atoms with E-state index in [-0.39, 0.29) is 16.4 Å². The predicted octanol–water partition coefficient (Wildman–Crippen LogP) is 5.04. The van der Waals surface area contributed by atoms with E-state index in [9.17, 15) is 18.0 Å². The van der Waals surface area contributed by atoms with Crippen LogP contribution in [0, 0.1) is 0 Å². The third-order valence-electron chi connectivity index (χ3n) is 3.71. The van der Waals surface area contributed by atoms with E-state index in [1.807, 2.05) is 0 Å². The molecule has 1 heterocycles. The molecule has 0 aliphatic heterocycles. The highest BCUT2D eigenvalue weighted by atomic mass is 35.5. The van der Waals surface area contributed by atoms with Gasteiger partial charge in [0.2, 0.25) is 0 Å². The normalized spacial score (nSPS) is 12.5. The van der Waals surface area contributed by atoms with E-state index in [0.717, 1.165) is 12.1 Å². The summed E-state index contributed by atoms with van der Waals surface area (Å²) >= 11 is 11.7. The van der Waals surface area contributed by atoms with Crippen LogP contribution in [0.1, 0.15) is 23.0 Å². The van der Waals surface area contributed by atoms with E-state index >= 15 is 0 Å². The number of anilines is 1. The first-order valence-corrected chi connectivity index (χ1v) is 8.54. The van der Waals surface area contributed by atoms with E-state index in [2.05, 4.69) is 25.8 Å². The van der Waals surface area contributed by atoms with E-state index < -0.39 is 23.8 Å². The number of aromatic nitrogens is 3. The van der Waals surface area contributed by atoms with Gasteiger partial charge in [-0.3, -0.25) is 5.10 Å². The van der Waals surface area contributed by atoms with Crippen molar-refractivity contribution in [2.75, 3.05) is 5.32 Å². The highest BCUT2D eigenvalue weighted by molar-refractivity contribution is 6.42. The Labute approximate surface area is 167 Å². The summed E-state index contributed by atoms with van der Waals surface area (Å²) in [4.78, 5) is 16.3. The first-order chi connectivity index (χ1) is 13.2. The SMILES string of the molecule is O=C(Nc1ccc(Cl)c(Cl)c1)N[C@@H](c1cccc(C(F)(F)F)c1)c1ncn[nH]1. The Morgan fingerprint density at radius 3 is 2.54 bits per heavy atom. The van der Waals surface area contributed by atoms with Gasteiger partial charge in [0.25, 0.3) is 0 Å². The average molecular weight is 430 g/mol. The third-order valence-corrected chi connectivity index (χ3v) is 4.45. The Hall–Kier alpha value is -2.78. The number of amides is 2. The number of carbonyl (C=O) groups excluding carboxylic acids is 1. The minimum Gasteiger partial charge on any atom is -0.324 e. The van der Waals surface area contributed by atoms with Crippen molar-refractivity contribution in [2.24, 2.45) is 0 Å². The summed E-state index contributed by atoms with van der Waals surface area (Å²) in [6.45, 7) is 0. The monoisotopic (exact) mass is 429 g/mol. The van der Waals surface area contributed by atoms with Gasteiger partial charge in [-0.05, 0) is 35.9 Å². The zero-order valence-electron chi connectivity index (χ0n) is 13.9. The number of benzene rings is 2. The van der Waals surface area contributed by atoms with Crippen molar-refractivity contribution < 1.29 is 18.0 Å². The molecular formula is C17H12Cl2F3N5O. The molecule has 0 unspecified atom stereocenters. The molecule has 0 aliphatic rings. The van der Waals surface area contributed by atoms with Crippen LogP contribution in [0.3, 0.4) is 0 Å². The Balaban J connectivity index is 1.85. The quantitative estimate of drug-likeness (QED) is 0.543. The standard InChI is InChI=1S/C17H12Cl2F3N5O/c18-12-5-4-11(7-13(12)19)25-16(28)26-14(15-23-8-24-27-15)9-2-1-3-10(6-9)17(20,21)22/h1-8,14H,(H,23,24,27)(H2,25,26,28)/t14-/m0/s1. The highest BCUT2D eigenvalue weighted by Gasteiger charge is 2.31. The zero-order valence-corrected chi connectivity index (χ0v) is 15.4. The van der Waals surface area contributed by atoms with Gasteiger partial charge in [0, 0.05) is 5.69 Å². The molecule has 0 aliphatic carbocycles. The molecule has 0 saturated heterocycles. The van der Waals surface area contributed by atoms with Crippen molar-refractivity contribution >= 4 is 34.9 Å². The largest absolute Gasteiger partial charge is 0.416 e. The van der Waals surface area contributed by atoms with Gasteiger partial charge in [0.15, 0.2) is 5.82 Å². The fraction of sp³-hybridized carbons (Fsp3) is 0.118. The molecule has 146 valence electrons. The summed E-state index contributed by atoms with van der Waals surface area (Å²) in [5.74, 6) is 0.170. The molecule has 3 rings (SSSR count). The van der Waals surface area contributed by atoms with Gasteiger partial charge in [-0.2, -0.15) is 18.3 Å². The molecule has 1 aromatic heterocycles. The number of aromatic amines is 1. The van der Waals surface area contributed by atoms with E-state index in [0.29, 0.717) is 10.7 Å². The summed E-state index contributed by atoms with van der Waals surface area (Å²) in [5.41, 5.74) is -0.315. The molecule has 6 nitrogen and oxygen atoms in total. The molecule has 0 radical (unpaired) electrons. The van der Waals surface area contributed by atoms with Gasteiger partial charge in [-0.1, -0.05) is 35.3 Å². The smallest absolute Gasteiger partial charge is 0.324 e. The van der Waals surface area contributed by atoms with Crippen molar-refractivity contribution in [3.8, 4) is 0 Å². The minimum absolute atomic E-state index is 0.170. The number of hydrogen-bond donors (Lipinski definition) is 3. The zero-order chi connectivity index (χ0) is 20.3. The number of carbonyl (C=O) groups is 1. The number of rotatable bonds is 4. The first-order valence-electron chi connectivity index (χ1n) is 7.79. The van der Waals surface area contributed by atoms with Gasteiger partial charge in [-0.15, -0.1) is 0 Å². The summed E-state index contributed by atoms with van der Waals surface area (Å²) in [5, 5.41) is 11.9. The molecule has 28 heavy (non-hydrogen) atoms. The van der Waals surface area contributed by atoms with Crippen LogP contribution in [0.5, 0.6) is 0 Å². The number of alkyl halides is 3. The topological polar surface area (TPSA) is 82.7 Å². The lowest BCUT2D eigenvalue weighted by molar-refractivity contribution is -0.137. The lowest BCUT2D eigenvalue weighted by Crippen LogP contribution is -2.34. The van der Waals surface area contributed by atoms with Crippen LogP contribution in [-0.4, -0.2) is 21.2 Å². The number of hydrogen-bond acceptors (Lipinski definition) is 3. The molecule has 3 N–H and O–H groups in total. The highest BCUT2D eigenvalue weighted by Crippen LogP contribution is 2.31. The van der Waals surface area contributed by atoms with Gasteiger partial charge < -0.3 is 10.6 Å². The Kier molecular flexibility index (Phi) is 5.76. The van der Waals surface area contributed by atoms with Gasteiger partial charge in [0.05, 0.1) is 15.6 Å². The van der Waals surface area contributed by atoms with Gasteiger partial charge >= 0.3 is 12.2 Å². The third kappa shape index (κ3) is 4.73. The van der Waals surface area contributed by atoms with Crippen LogP contribution < -0.4 is 10.6 Å². The average Bonchev–Trinajstić information content (AvgIpc) is 3.16. The van der Waals surface area contributed by atoms with Crippen molar-refractivity contribution in [2.45, 2.75) is 12.2 Å². The van der Waals surface area contributed by atoms with Crippen molar-refractivity contribution in [1.82, 2.24) is 20.5 Å². The van der Waals surface area contributed by atoms with Crippen LogP contribution in [0.15, 0.2) is 48.8 Å². The molecule has 0 spiro atoms. The number of nitrogens with one attached hydrogen (secondary N) is 3. The van der Waals surface area contributed by atoms with Gasteiger partial charge in [0.1, 0.15) is 12.4 Å². The number of nitrogens with zero attached hydrogens (tertiary/aromatic N) is 2. The summed E-state index contributed by atoms with van der Waals surface area (Å²) < 4.78 is 39.1. The molecule has 0 saturated carbocycles. The molecule has 3 aromatic rings. The lowest BCUT2D eigenvalue weighted by atomic mass is 10.0. The lowest BCUT2D eigenvalue weighted by Gasteiger charge is -2.19. The molecule has 1 atom stereocenters. The molecule has 0 fully saturated rings. The maximum atomic E-state index is 13.0. The molecule has 11 heteroatoms. The van der Waals surface area contributed by atoms with Crippen molar-refractivity contribution in [3.05, 3.63) is 75.8 Å². The van der Waals surface area contributed by atoms with Crippen LogP contribution in [0.2, 0.25) is 10.0 Å². The number of urea groups is 1. The first kappa shape index (κ1) is 20.0. The number of H-pyrrole nitrogens is 1. The second-order valence-electron chi connectivity index (χ2n) is 5.65. The Morgan fingerprint density at radius 2 is 1.89 bits per heavy atom. The van der Waals surface area contributed by atoms with E-state index in [4.69, 9.17) is 23.2 Å². The van der Waals surface area contributed by atoms with Crippen LogP contribution >= 0.6 is 23.2 Å². The van der Waals surface area contributed by atoms with Crippen LogP contribution in [0.25, 0.3) is 0 Å². The maximum absolute atomic E-state index is 13.0. The predicted molar refractivity (Wildman–Crippen MR) is 98.3 cm³/mol. The fourth-order valence-corrected chi connectivity index (χ4v) is 2.73. The number of halogens is 5. The Bertz CT molecular complexity index is 979. The second-order valence-corrected chi connectivity index (χ2v) is 6.47. The van der Waals surface area contributed by atoms with Crippen molar-refractivity contribution in [1.29, 1.82) is 0 Å². The van der Waals surface area contributed by atoms with E-state index in [1.54, 1.807) is 0 Å². The molecular weight excluding hydrogens is 418 g/mol. The second kappa shape index (κ2) is 8.07. The van der Waals surface area contributed by atoms with Gasteiger partial charge in [-0.25, -0.2) is 9.78 Å². The van der Waals surface area contributed by atoms with Crippen LogP contribution in [-0.2, 0) is 6.18 Å².